The van der Waals surface area contributed by atoms with Crippen LogP contribution < -0.4 is 0 Å². The van der Waals surface area contributed by atoms with Crippen molar-refractivity contribution in [2.45, 2.75) is 0 Å². The average Bonchev–Trinajstić information content (AvgIpc) is 1.38. The fourth-order valence-electron chi connectivity index (χ4n) is 0. The summed E-state index contributed by atoms with van der Waals surface area (Å²) in [4.78, 5) is 0. The Bertz CT molecular complexity index is 42.2. The van der Waals surface area contributed by atoms with Gasteiger partial charge in [0.15, 0.2) is 0 Å². The van der Waals surface area contributed by atoms with Crippen LogP contribution in [0, 0.1) is 0 Å². The van der Waals surface area contributed by atoms with Crippen LogP contribution in [0.3, 0.4) is 0 Å². The van der Waals surface area contributed by atoms with Gasteiger partial charge in [0.2, 0.25) is 0 Å². The normalized spacial score (nSPS) is 14.8. The molecule has 0 radical (unpaired) electrons. The summed E-state index contributed by atoms with van der Waals surface area (Å²) in [6, 6.07) is 0. The Morgan fingerprint density at radius 1 is 2.00 bits per heavy atom. The van der Waals surface area contributed by atoms with E-state index in [1.807, 2.05) is 0 Å². The van der Waals surface area contributed by atoms with Crippen molar-refractivity contribution >= 4 is 27.7 Å². The predicted octanol–water partition coefficient (Wildman–Crippen LogP) is -1.04. The standard InChI is InChI=1S/H2O3SSe/c1-4(2)3-5/h5H,(H,1,2). The second kappa shape index (κ2) is 2.81. The molecule has 1 atom stereocenters. The zero-order chi connectivity index (χ0) is 4.28. The zero-order valence-corrected chi connectivity index (χ0v) is 4.81. The van der Waals surface area contributed by atoms with Crippen LogP contribution in [0.15, 0.2) is 0 Å². The quantitative estimate of drug-likeness (QED) is 0.394. The molecule has 0 amide bonds. The molecule has 5 heteroatoms. The minimum absolute atomic E-state index is 1.52. The number of hydrogen-bond acceptors (Lipinski definition) is 2. The third-order valence-corrected chi connectivity index (χ3v) is 0.994. The molecule has 0 aliphatic carbocycles. The SMILES string of the molecule is O=S(O)O[SeH]. The molecule has 3 nitrogen and oxygen atoms in total. The second-order valence-corrected chi connectivity index (χ2v) is 1.81. The molecule has 0 aromatic rings. The molecule has 0 saturated carbocycles. The van der Waals surface area contributed by atoms with Gasteiger partial charge in [-0.25, -0.2) is 0 Å². The Morgan fingerprint density at radius 3 is 2.20 bits per heavy atom. The second-order valence-electron chi connectivity index (χ2n) is 0.292. The van der Waals surface area contributed by atoms with Crippen LogP contribution in [0.5, 0.6) is 0 Å². The summed E-state index contributed by atoms with van der Waals surface area (Å²) in [6.07, 6.45) is 0. The Kier molecular flexibility index (Phi) is 3.14. The summed E-state index contributed by atoms with van der Waals surface area (Å²) < 4.78 is 20.6. The summed E-state index contributed by atoms with van der Waals surface area (Å²) in [7, 11) is 0. The van der Waals surface area contributed by atoms with Crippen molar-refractivity contribution in [3.8, 4) is 0 Å². The van der Waals surface area contributed by atoms with Gasteiger partial charge in [0.1, 0.15) is 0 Å². The van der Waals surface area contributed by atoms with Gasteiger partial charge in [-0.1, -0.05) is 0 Å². The molecule has 0 aromatic heterocycles. The van der Waals surface area contributed by atoms with Gasteiger partial charge in [-0.2, -0.15) is 0 Å². The third kappa shape index (κ3) is 4.59. The van der Waals surface area contributed by atoms with Crippen molar-refractivity contribution in [1.82, 2.24) is 0 Å². The Balaban J connectivity index is 2.85. The topological polar surface area (TPSA) is 46.5 Å². The monoisotopic (exact) mass is 162 g/mol. The molecule has 1 unspecified atom stereocenters. The van der Waals surface area contributed by atoms with E-state index in [-0.39, 0.29) is 0 Å². The van der Waals surface area contributed by atoms with E-state index in [1.165, 1.54) is 16.3 Å². The summed E-state index contributed by atoms with van der Waals surface area (Å²) in [5.74, 6) is 0. The molecule has 0 aliphatic rings. The van der Waals surface area contributed by atoms with Crippen LogP contribution >= 0.6 is 0 Å². The first-order valence-corrected chi connectivity index (χ1v) is 2.50. The number of rotatable bonds is 1. The van der Waals surface area contributed by atoms with E-state index >= 15 is 0 Å². The van der Waals surface area contributed by atoms with Crippen molar-refractivity contribution < 1.29 is 12.0 Å². The molecule has 5 heavy (non-hydrogen) atoms. The van der Waals surface area contributed by atoms with E-state index in [2.05, 4.69) is 3.27 Å². The van der Waals surface area contributed by atoms with Crippen LogP contribution in [0.25, 0.3) is 0 Å². The molecular weight excluding hydrogens is 159 g/mol. The summed E-state index contributed by atoms with van der Waals surface area (Å²) in [5.41, 5.74) is 0. The van der Waals surface area contributed by atoms with Crippen LogP contribution in [0.1, 0.15) is 0 Å². The van der Waals surface area contributed by atoms with Crippen LogP contribution in [0.4, 0.5) is 0 Å². The van der Waals surface area contributed by atoms with Gasteiger partial charge in [0, 0.05) is 0 Å². The van der Waals surface area contributed by atoms with Gasteiger partial charge in [-0.05, 0) is 0 Å². The summed E-state index contributed by atoms with van der Waals surface area (Å²) in [6.45, 7) is 0. The minimum atomic E-state index is -2.10. The first-order chi connectivity index (χ1) is 2.27. The van der Waals surface area contributed by atoms with Gasteiger partial charge in [-0.3, -0.25) is 0 Å². The van der Waals surface area contributed by atoms with Crippen molar-refractivity contribution in [2.24, 2.45) is 0 Å². The van der Waals surface area contributed by atoms with E-state index < -0.39 is 11.4 Å². The Labute approximate surface area is 40.3 Å². The molecule has 1 N–H and O–H groups in total. The average molecular weight is 161 g/mol. The first kappa shape index (κ1) is 5.59. The van der Waals surface area contributed by atoms with Crippen molar-refractivity contribution in [2.75, 3.05) is 0 Å². The van der Waals surface area contributed by atoms with Gasteiger partial charge in [-0.15, -0.1) is 0 Å². The van der Waals surface area contributed by atoms with Gasteiger partial charge in [0.25, 0.3) is 0 Å². The molecule has 0 bridgehead atoms. The first-order valence-electron chi connectivity index (χ1n) is 0.698. The third-order valence-electron chi connectivity index (χ3n) is 0.0638. The molecule has 0 heterocycles. The summed E-state index contributed by atoms with van der Waals surface area (Å²) >= 11 is -0.580. The Hall–Kier alpha value is 0.589. The van der Waals surface area contributed by atoms with Crippen molar-refractivity contribution in [3.63, 3.8) is 0 Å². The van der Waals surface area contributed by atoms with Crippen LogP contribution in [0.2, 0.25) is 0 Å². The van der Waals surface area contributed by atoms with E-state index in [4.69, 9.17) is 4.55 Å². The molecule has 0 rings (SSSR count). The fourth-order valence-corrected chi connectivity index (χ4v) is 0. The van der Waals surface area contributed by atoms with Crippen LogP contribution in [-0.4, -0.2) is 25.1 Å². The van der Waals surface area contributed by atoms with Gasteiger partial charge < -0.3 is 0 Å². The molecule has 0 fully saturated rings. The van der Waals surface area contributed by atoms with E-state index in [0.717, 1.165) is 0 Å². The van der Waals surface area contributed by atoms with Gasteiger partial charge in [0.05, 0.1) is 0 Å². The van der Waals surface area contributed by atoms with Crippen molar-refractivity contribution in [3.05, 3.63) is 0 Å². The molecule has 0 spiro atoms. The van der Waals surface area contributed by atoms with E-state index in [0.29, 0.717) is 0 Å². The molecule has 0 aromatic carbocycles. The number of hydrogen-bond donors (Lipinski definition) is 1. The van der Waals surface area contributed by atoms with E-state index in [1.54, 1.807) is 0 Å². The Morgan fingerprint density at radius 2 is 2.20 bits per heavy atom. The van der Waals surface area contributed by atoms with Crippen LogP contribution in [-0.2, 0) is 14.6 Å². The molecule has 32 valence electrons. The molecular formula is H2O3SSe. The maximum absolute atomic E-state index is 9.24. The van der Waals surface area contributed by atoms with Gasteiger partial charge >= 0.3 is 39.7 Å². The maximum atomic E-state index is 9.24. The molecule has 0 aliphatic heterocycles. The summed E-state index contributed by atoms with van der Waals surface area (Å²) in [5, 5.41) is 0. The fraction of sp³-hybridized carbons (Fsp3) is 0. The van der Waals surface area contributed by atoms with Crippen molar-refractivity contribution in [1.29, 1.82) is 0 Å². The van der Waals surface area contributed by atoms with E-state index in [9.17, 15) is 4.21 Å². The zero-order valence-electron chi connectivity index (χ0n) is 2.12. The predicted molar refractivity (Wildman–Crippen MR) is 19.0 cm³/mol. The molecule has 0 saturated heterocycles.